The van der Waals surface area contributed by atoms with Crippen LogP contribution in [0.25, 0.3) is 0 Å². The quantitative estimate of drug-likeness (QED) is 0.800. The topological polar surface area (TPSA) is 77.2 Å². The van der Waals surface area contributed by atoms with Crippen molar-refractivity contribution in [3.8, 4) is 5.75 Å². The number of carbonyl (C=O) groups excluding carboxylic acids is 1. The van der Waals surface area contributed by atoms with E-state index in [0.29, 0.717) is 29.3 Å². The van der Waals surface area contributed by atoms with Crippen LogP contribution in [0.15, 0.2) is 24.5 Å². The van der Waals surface area contributed by atoms with E-state index in [4.69, 9.17) is 10.5 Å². The summed E-state index contributed by atoms with van der Waals surface area (Å²) in [7, 11) is 1.55. The van der Waals surface area contributed by atoms with Gasteiger partial charge in [0.1, 0.15) is 5.00 Å². The number of anilines is 2. The Bertz CT molecular complexity index is 596. The molecule has 0 fully saturated rings. The highest BCUT2D eigenvalue weighted by molar-refractivity contribution is 7.19. The number of hydrogen-bond donors (Lipinski definition) is 2. The van der Waals surface area contributed by atoms with Gasteiger partial charge in [0.05, 0.1) is 17.7 Å². The Labute approximate surface area is 121 Å². The molecule has 0 saturated carbocycles. The molecule has 0 bridgehead atoms. The van der Waals surface area contributed by atoms with E-state index in [0.717, 1.165) is 10.6 Å². The molecule has 2 aromatic rings. The number of ether oxygens (including phenoxy) is 1. The number of nitrogens with two attached hydrogens (primary N) is 1. The summed E-state index contributed by atoms with van der Waals surface area (Å²) in [5.74, 6) is 0.566. The van der Waals surface area contributed by atoms with Gasteiger partial charge < -0.3 is 15.8 Å². The van der Waals surface area contributed by atoms with Crippen LogP contribution < -0.4 is 15.8 Å². The molecule has 0 unspecified atom stereocenters. The van der Waals surface area contributed by atoms with Gasteiger partial charge in [-0.25, -0.2) is 0 Å². The minimum absolute atomic E-state index is 0.0280. The molecule has 2 heterocycles. The van der Waals surface area contributed by atoms with Crippen LogP contribution in [-0.2, 0) is 6.54 Å². The molecule has 0 atom stereocenters. The van der Waals surface area contributed by atoms with E-state index in [2.05, 4.69) is 10.3 Å². The number of rotatable bonds is 6. The number of nitrogens with zero attached hydrogens (tertiary/aromatic N) is 1. The first kappa shape index (κ1) is 14.3. The lowest BCUT2D eigenvalue weighted by molar-refractivity contribution is 0.0992. The molecular formula is C14H17N3O2S. The van der Waals surface area contributed by atoms with Crippen molar-refractivity contribution in [1.29, 1.82) is 0 Å². The number of carbonyl (C=O) groups is 1. The highest BCUT2D eigenvalue weighted by Crippen LogP contribution is 2.43. The predicted molar refractivity (Wildman–Crippen MR) is 81.5 cm³/mol. The Morgan fingerprint density at radius 3 is 2.95 bits per heavy atom. The number of methoxy groups -OCH3 is 1. The second-order valence-corrected chi connectivity index (χ2v) is 5.22. The van der Waals surface area contributed by atoms with E-state index in [1.807, 2.05) is 19.1 Å². The normalized spacial score (nSPS) is 10.3. The first-order valence-corrected chi connectivity index (χ1v) is 7.11. The van der Waals surface area contributed by atoms with Crippen molar-refractivity contribution in [2.24, 2.45) is 0 Å². The summed E-state index contributed by atoms with van der Waals surface area (Å²) >= 11 is 1.33. The van der Waals surface area contributed by atoms with Crippen LogP contribution in [0.5, 0.6) is 5.75 Å². The van der Waals surface area contributed by atoms with Crippen molar-refractivity contribution >= 4 is 27.8 Å². The molecule has 3 N–H and O–H groups in total. The SMILES string of the molecule is CCC(=O)c1sc(NCc2cccnc2)c(OC)c1N. The van der Waals surface area contributed by atoms with Crippen molar-refractivity contribution in [3.63, 3.8) is 0 Å². The molecule has 0 aliphatic rings. The maximum atomic E-state index is 11.8. The number of nitrogen functional groups attached to an aromatic ring is 1. The van der Waals surface area contributed by atoms with Gasteiger partial charge in [-0.3, -0.25) is 9.78 Å². The molecule has 20 heavy (non-hydrogen) atoms. The van der Waals surface area contributed by atoms with Crippen LogP contribution in [0.1, 0.15) is 28.6 Å². The van der Waals surface area contributed by atoms with Crippen LogP contribution in [0, 0.1) is 0 Å². The lowest BCUT2D eigenvalue weighted by Gasteiger charge is -2.06. The van der Waals surface area contributed by atoms with Crippen molar-refractivity contribution in [1.82, 2.24) is 4.98 Å². The number of pyridine rings is 1. The van der Waals surface area contributed by atoms with Gasteiger partial charge in [0.25, 0.3) is 0 Å². The average molecular weight is 291 g/mol. The zero-order chi connectivity index (χ0) is 14.5. The van der Waals surface area contributed by atoms with E-state index < -0.39 is 0 Å². The molecule has 0 aliphatic heterocycles. The van der Waals surface area contributed by atoms with Gasteiger partial charge in [-0.05, 0) is 11.6 Å². The third-order valence-corrected chi connectivity index (χ3v) is 4.04. The van der Waals surface area contributed by atoms with E-state index in [1.165, 1.54) is 11.3 Å². The maximum absolute atomic E-state index is 11.8. The van der Waals surface area contributed by atoms with Gasteiger partial charge in [0.2, 0.25) is 0 Å². The van der Waals surface area contributed by atoms with Crippen LogP contribution >= 0.6 is 11.3 Å². The number of hydrogen-bond acceptors (Lipinski definition) is 6. The van der Waals surface area contributed by atoms with Crippen LogP contribution in [0.2, 0.25) is 0 Å². The second-order valence-electron chi connectivity index (χ2n) is 4.20. The first-order chi connectivity index (χ1) is 9.67. The fourth-order valence-corrected chi connectivity index (χ4v) is 2.90. The van der Waals surface area contributed by atoms with E-state index in [1.54, 1.807) is 19.5 Å². The van der Waals surface area contributed by atoms with E-state index >= 15 is 0 Å². The van der Waals surface area contributed by atoms with Crippen molar-refractivity contribution in [2.75, 3.05) is 18.2 Å². The third kappa shape index (κ3) is 2.91. The number of thiophene rings is 1. The fraction of sp³-hybridized carbons (Fsp3) is 0.286. The number of aromatic nitrogens is 1. The lowest BCUT2D eigenvalue weighted by atomic mass is 10.2. The molecule has 0 amide bonds. The molecule has 0 spiro atoms. The maximum Gasteiger partial charge on any atom is 0.176 e. The first-order valence-electron chi connectivity index (χ1n) is 6.29. The molecule has 5 nitrogen and oxygen atoms in total. The summed E-state index contributed by atoms with van der Waals surface area (Å²) < 4.78 is 5.29. The Morgan fingerprint density at radius 2 is 2.35 bits per heavy atom. The monoisotopic (exact) mass is 291 g/mol. The van der Waals surface area contributed by atoms with Crippen molar-refractivity contribution in [2.45, 2.75) is 19.9 Å². The van der Waals surface area contributed by atoms with Crippen LogP contribution in [0.3, 0.4) is 0 Å². The van der Waals surface area contributed by atoms with Gasteiger partial charge in [-0.2, -0.15) is 0 Å². The molecule has 0 saturated heterocycles. The number of Topliss-reactive ketones (excluding diaryl/α,β-unsaturated/α-hetero) is 1. The number of nitrogens with one attached hydrogen (secondary N) is 1. The summed E-state index contributed by atoms with van der Waals surface area (Å²) in [5, 5.41) is 4.01. The summed E-state index contributed by atoms with van der Waals surface area (Å²) in [6, 6.07) is 3.85. The zero-order valence-electron chi connectivity index (χ0n) is 11.5. The second kappa shape index (κ2) is 6.38. The Hall–Kier alpha value is -2.08. The molecule has 6 heteroatoms. The predicted octanol–water partition coefficient (Wildman–Crippen LogP) is 2.94. The Kier molecular flexibility index (Phi) is 4.57. The minimum Gasteiger partial charge on any atom is -0.492 e. The molecule has 0 aliphatic carbocycles. The zero-order valence-corrected chi connectivity index (χ0v) is 12.3. The van der Waals surface area contributed by atoms with Gasteiger partial charge >= 0.3 is 0 Å². The standard InChI is InChI=1S/C14H17N3O2S/c1-3-10(18)13-11(15)12(19-2)14(20-13)17-8-9-5-4-6-16-7-9/h4-7,17H,3,8,15H2,1-2H3. The molecular weight excluding hydrogens is 274 g/mol. The molecule has 2 rings (SSSR count). The fourth-order valence-electron chi connectivity index (χ4n) is 1.80. The molecule has 0 radical (unpaired) electrons. The van der Waals surface area contributed by atoms with Crippen LogP contribution in [0.4, 0.5) is 10.7 Å². The van der Waals surface area contributed by atoms with Crippen molar-refractivity contribution < 1.29 is 9.53 Å². The largest absolute Gasteiger partial charge is 0.492 e. The van der Waals surface area contributed by atoms with Crippen LogP contribution in [-0.4, -0.2) is 17.9 Å². The summed E-state index contributed by atoms with van der Waals surface area (Å²) in [5.41, 5.74) is 7.43. The number of ketones is 1. The highest BCUT2D eigenvalue weighted by atomic mass is 32.1. The van der Waals surface area contributed by atoms with Gasteiger partial charge in [0.15, 0.2) is 11.5 Å². The smallest absolute Gasteiger partial charge is 0.176 e. The molecule has 106 valence electrons. The molecule has 0 aromatic carbocycles. The Balaban J connectivity index is 2.21. The minimum atomic E-state index is 0.0280. The van der Waals surface area contributed by atoms with E-state index in [9.17, 15) is 4.79 Å². The lowest BCUT2D eigenvalue weighted by Crippen LogP contribution is -2.00. The summed E-state index contributed by atoms with van der Waals surface area (Å²) in [4.78, 5) is 16.4. The van der Waals surface area contributed by atoms with Gasteiger partial charge in [0, 0.05) is 25.4 Å². The average Bonchev–Trinajstić information content (AvgIpc) is 2.81. The highest BCUT2D eigenvalue weighted by Gasteiger charge is 2.20. The van der Waals surface area contributed by atoms with Gasteiger partial charge in [-0.1, -0.05) is 13.0 Å². The van der Waals surface area contributed by atoms with Crippen molar-refractivity contribution in [3.05, 3.63) is 35.0 Å². The summed E-state index contributed by atoms with van der Waals surface area (Å²) in [6.45, 7) is 2.42. The van der Waals surface area contributed by atoms with E-state index in [-0.39, 0.29) is 5.78 Å². The molecule has 2 aromatic heterocycles. The third-order valence-electron chi connectivity index (χ3n) is 2.85. The van der Waals surface area contributed by atoms with Gasteiger partial charge in [-0.15, -0.1) is 11.3 Å². The Morgan fingerprint density at radius 1 is 1.55 bits per heavy atom. The summed E-state index contributed by atoms with van der Waals surface area (Å²) in [6.07, 6.45) is 3.94.